The maximum absolute atomic E-state index is 6.14. The lowest BCUT2D eigenvalue weighted by Crippen LogP contribution is -2.16. The van der Waals surface area contributed by atoms with Gasteiger partial charge in [0.05, 0.1) is 6.33 Å². The van der Waals surface area contributed by atoms with Crippen LogP contribution in [0.4, 0.5) is 0 Å². The number of hydrogen-bond donors (Lipinski definition) is 1. The van der Waals surface area contributed by atoms with Crippen molar-refractivity contribution in [3.8, 4) is 5.75 Å². The lowest BCUT2D eigenvalue weighted by Gasteiger charge is -2.09. The third kappa shape index (κ3) is 5.62. The SMILES string of the molecule is Clc1ccccc1COc1ccc(CNCCCn2ccnc2)cc1. The topological polar surface area (TPSA) is 39.1 Å². The Morgan fingerprint density at radius 2 is 1.92 bits per heavy atom. The van der Waals surface area contributed by atoms with Crippen molar-refractivity contribution in [3.05, 3.63) is 83.4 Å². The molecule has 3 aromatic rings. The zero-order chi connectivity index (χ0) is 17.3. The first-order valence-corrected chi connectivity index (χ1v) is 8.81. The molecule has 130 valence electrons. The number of nitrogens with one attached hydrogen (secondary N) is 1. The third-order valence-corrected chi connectivity index (χ3v) is 4.30. The maximum atomic E-state index is 6.14. The molecule has 1 aromatic heterocycles. The Bertz CT molecular complexity index is 757. The van der Waals surface area contributed by atoms with Crippen LogP contribution in [0.5, 0.6) is 5.75 Å². The molecular weight excluding hydrogens is 334 g/mol. The van der Waals surface area contributed by atoms with Gasteiger partial charge >= 0.3 is 0 Å². The van der Waals surface area contributed by atoms with Gasteiger partial charge in [0.2, 0.25) is 0 Å². The van der Waals surface area contributed by atoms with E-state index in [4.69, 9.17) is 16.3 Å². The van der Waals surface area contributed by atoms with Crippen LogP contribution in [0.15, 0.2) is 67.3 Å². The van der Waals surface area contributed by atoms with E-state index in [9.17, 15) is 0 Å². The van der Waals surface area contributed by atoms with Crippen LogP contribution < -0.4 is 10.1 Å². The minimum absolute atomic E-state index is 0.478. The van der Waals surface area contributed by atoms with Crippen LogP contribution in [-0.2, 0) is 19.7 Å². The van der Waals surface area contributed by atoms with Gasteiger partial charge in [-0.2, -0.15) is 0 Å². The van der Waals surface area contributed by atoms with Crippen molar-refractivity contribution in [2.45, 2.75) is 26.1 Å². The van der Waals surface area contributed by atoms with Gasteiger partial charge in [0.1, 0.15) is 12.4 Å². The Balaban J connectivity index is 1.37. The molecule has 0 aliphatic heterocycles. The first kappa shape index (κ1) is 17.5. The maximum Gasteiger partial charge on any atom is 0.119 e. The van der Waals surface area contributed by atoms with Crippen LogP contribution in [0, 0.1) is 0 Å². The molecule has 0 spiro atoms. The number of nitrogens with zero attached hydrogens (tertiary/aromatic N) is 2. The molecule has 5 heteroatoms. The van der Waals surface area contributed by atoms with Crippen LogP contribution >= 0.6 is 11.6 Å². The van der Waals surface area contributed by atoms with E-state index in [2.05, 4.69) is 27.0 Å². The highest BCUT2D eigenvalue weighted by Gasteiger charge is 2.01. The summed E-state index contributed by atoms with van der Waals surface area (Å²) in [6, 6.07) is 15.9. The fourth-order valence-corrected chi connectivity index (χ4v) is 2.71. The highest BCUT2D eigenvalue weighted by Crippen LogP contribution is 2.19. The van der Waals surface area contributed by atoms with Gasteiger partial charge < -0.3 is 14.6 Å². The zero-order valence-electron chi connectivity index (χ0n) is 14.1. The summed E-state index contributed by atoms with van der Waals surface area (Å²) in [5.74, 6) is 0.851. The highest BCUT2D eigenvalue weighted by molar-refractivity contribution is 6.31. The van der Waals surface area contributed by atoms with E-state index in [-0.39, 0.29) is 0 Å². The Labute approximate surface area is 153 Å². The number of aromatic nitrogens is 2. The zero-order valence-corrected chi connectivity index (χ0v) is 14.8. The fourth-order valence-electron chi connectivity index (χ4n) is 2.52. The predicted molar refractivity (Wildman–Crippen MR) is 101 cm³/mol. The Morgan fingerprint density at radius 3 is 2.68 bits per heavy atom. The van der Waals surface area contributed by atoms with E-state index < -0.39 is 0 Å². The van der Waals surface area contributed by atoms with Crippen LogP contribution in [-0.4, -0.2) is 16.1 Å². The lowest BCUT2D eigenvalue weighted by molar-refractivity contribution is 0.306. The summed E-state index contributed by atoms with van der Waals surface area (Å²) in [6.45, 7) is 3.30. The fraction of sp³-hybridized carbons (Fsp3) is 0.250. The minimum atomic E-state index is 0.478. The molecule has 2 aromatic carbocycles. The second kappa shape index (κ2) is 9.25. The molecule has 0 bridgehead atoms. The average Bonchev–Trinajstić information content (AvgIpc) is 3.15. The van der Waals surface area contributed by atoms with Gasteiger partial charge in [-0.3, -0.25) is 0 Å². The number of rotatable bonds is 9. The molecule has 0 fully saturated rings. The largest absolute Gasteiger partial charge is 0.489 e. The summed E-state index contributed by atoms with van der Waals surface area (Å²) in [5.41, 5.74) is 2.24. The average molecular weight is 356 g/mol. The van der Waals surface area contributed by atoms with Crippen LogP contribution in [0.2, 0.25) is 5.02 Å². The quantitative estimate of drug-likeness (QED) is 0.582. The van der Waals surface area contributed by atoms with Gasteiger partial charge in [-0.15, -0.1) is 0 Å². The minimum Gasteiger partial charge on any atom is -0.489 e. The second-order valence-electron chi connectivity index (χ2n) is 5.85. The number of aryl methyl sites for hydroxylation is 1. The van der Waals surface area contributed by atoms with Crippen molar-refractivity contribution in [2.24, 2.45) is 0 Å². The van der Waals surface area contributed by atoms with E-state index in [0.29, 0.717) is 6.61 Å². The van der Waals surface area contributed by atoms with Crippen molar-refractivity contribution in [1.82, 2.24) is 14.9 Å². The van der Waals surface area contributed by atoms with Gasteiger partial charge in [-0.05, 0) is 36.7 Å². The molecule has 0 saturated heterocycles. The summed E-state index contributed by atoms with van der Waals surface area (Å²) in [7, 11) is 0. The molecule has 0 radical (unpaired) electrons. The Kier molecular flexibility index (Phi) is 6.48. The molecular formula is C20H22ClN3O. The van der Waals surface area contributed by atoms with Gasteiger partial charge in [0.25, 0.3) is 0 Å². The van der Waals surface area contributed by atoms with Crippen LogP contribution in [0.25, 0.3) is 0 Å². The summed E-state index contributed by atoms with van der Waals surface area (Å²) in [4.78, 5) is 4.04. The molecule has 3 rings (SSSR count). The summed E-state index contributed by atoms with van der Waals surface area (Å²) in [5, 5.41) is 4.19. The van der Waals surface area contributed by atoms with Gasteiger partial charge in [-0.1, -0.05) is 41.9 Å². The van der Waals surface area contributed by atoms with E-state index in [0.717, 1.165) is 42.4 Å². The third-order valence-electron chi connectivity index (χ3n) is 3.93. The number of imidazole rings is 1. The Morgan fingerprint density at radius 1 is 1.08 bits per heavy atom. The lowest BCUT2D eigenvalue weighted by atomic mass is 10.2. The summed E-state index contributed by atoms with van der Waals surface area (Å²) >= 11 is 6.14. The van der Waals surface area contributed by atoms with Crippen molar-refractivity contribution < 1.29 is 4.74 Å². The molecule has 1 N–H and O–H groups in total. The highest BCUT2D eigenvalue weighted by atomic mass is 35.5. The normalized spacial score (nSPS) is 10.8. The first-order chi connectivity index (χ1) is 12.3. The monoisotopic (exact) mass is 355 g/mol. The van der Waals surface area contributed by atoms with Crippen molar-refractivity contribution in [3.63, 3.8) is 0 Å². The first-order valence-electron chi connectivity index (χ1n) is 8.43. The molecule has 1 heterocycles. The summed E-state index contributed by atoms with van der Waals surface area (Å²) in [6.07, 6.45) is 6.72. The van der Waals surface area contributed by atoms with Crippen LogP contribution in [0.3, 0.4) is 0 Å². The van der Waals surface area contributed by atoms with E-state index in [1.54, 1.807) is 0 Å². The molecule has 0 unspecified atom stereocenters. The number of hydrogen-bond acceptors (Lipinski definition) is 3. The van der Waals surface area contributed by atoms with Crippen molar-refractivity contribution in [2.75, 3.05) is 6.54 Å². The van der Waals surface area contributed by atoms with Crippen LogP contribution in [0.1, 0.15) is 17.5 Å². The van der Waals surface area contributed by atoms with Crippen molar-refractivity contribution >= 4 is 11.6 Å². The molecule has 0 aliphatic carbocycles. The standard InChI is InChI=1S/C20H22ClN3O/c21-20-5-2-1-4-18(20)15-25-19-8-6-17(7-9-19)14-22-10-3-12-24-13-11-23-16-24/h1-2,4-9,11,13,16,22H,3,10,12,14-15H2. The second-order valence-corrected chi connectivity index (χ2v) is 6.26. The summed E-state index contributed by atoms with van der Waals surface area (Å²) < 4.78 is 7.89. The Hall–Kier alpha value is -2.30. The predicted octanol–water partition coefficient (Wildman–Crippen LogP) is 4.30. The van der Waals surface area contributed by atoms with E-state index in [1.807, 2.05) is 55.1 Å². The number of halogens is 1. The molecule has 0 saturated carbocycles. The molecule has 0 aliphatic rings. The molecule has 0 amide bonds. The van der Waals surface area contributed by atoms with E-state index >= 15 is 0 Å². The van der Waals surface area contributed by atoms with Gasteiger partial charge in [0.15, 0.2) is 0 Å². The van der Waals surface area contributed by atoms with Crippen molar-refractivity contribution in [1.29, 1.82) is 0 Å². The smallest absolute Gasteiger partial charge is 0.119 e. The number of benzene rings is 2. The molecule has 0 atom stereocenters. The molecule has 4 nitrogen and oxygen atoms in total. The van der Waals surface area contributed by atoms with E-state index in [1.165, 1.54) is 5.56 Å². The number of ether oxygens (including phenoxy) is 1. The van der Waals surface area contributed by atoms with Gasteiger partial charge in [0, 0.05) is 36.1 Å². The van der Waals surface area contributed by atoms with Gasteiger partial charge in [-0.25, -0.2) is 4.98 Å². The molecule has 25 heavy (non-hydrogen) atoms.